The normalized spacial score (nSPS) is 61.2. The minimum atomic E-state index is -1.09. The Hall–Kier alpha value is -0.160. The van der Waals surface area contributed by atoms with Gasteiger partial charge in [0.05, 0.1) is 11.2 Å². The molecule has 4 nitrogen and oxygen atoms in total. The molecule has 2 heterocycles. The van der Waals surface area contributed by atoms with Crippen molar-refractivity contribution in [1.29, 1.82) is 0 Å². The number of fused-ring (bicyclic) bond motifs is 2. The van der Waals surface area contributed by atoms with Crippen LogP contribution in [0.1, 0.15) is 26.7 Å². The van der Waals surface area contributed by atoms with E-state index in [0.717, 1.165) is 0 Å². The highest BCUT2D eigenvalue weighted by atomic mass is 16.6. The summed E-state index contributed by atoms with van der Waals surface area (Å²) in [5.41, 5.74) is -1.37. The van der Waals surface area contributed by atoms with Crippen molar-refractivity contribution in [3.63, 3.8) is 0 Å². The molecular weight excluding hydrogens is 172 g/mol. The van der Waals surface area contributed by atoms with E-state index in [2.05, 4.69) is 0 Å². The quantitative estimate of drug-likeness (QED) is 0.475. The fraction of sp³-hybridized carbons (Fsp3) is 1.00. The van der Waals surface area contributed by atoms with Crippen molar-refractivity contribution in [2.45, 2.75) is 56.2 Å². The maximum absolute atomic E-state index is 9.67. The maximum Gasteiger partial charge on any atom is 0.111 e. The highest BCUT2D eigenvalue weighted by Gasteiger charge is 2.60. The number of ether oxygens (including phenoxy) is 1. The number of aliphatic hydroxyl groups excluding tert-OH is 3. The van der Waals surface area contributed by atoms with Crippen molar-refractivity contribution in [2.75, 3.05) is 0 Å². The molecule has 0 aliphatic carbocycles. The Labute approximate surface area is 77.1 Å². The summed E-state index contributed by atoms with van der Waals surface area (Å²) in [5, 5.41) is 28.9. The highest BCUT2D eigenvalue weighted by Crippen LogP contribution is 2.47. The van der Waals surface area contributed by atoms with E-state index in [-0.39, 0.29) is 0 Å². The summed E-state index contributed by atoms with van der Waals surface area (Å²) < 4.78 is 5.61. The van der Waals surface area contributed by atoms with E-state index in [1.165, 1.54) is 0 Å². The Bertz CT molecular complexity index is 210. The summed E-state index contributed by atoms with van der Waals surface area (Å²) in [7, 11) is 0. The lowest BCUT2D eigenvalue weighted by molar-refractivity contribution is -0.266. The van der Waals surface area contributed by atoms with Crippen LogP contribution >= 0.6 is 0 Å². The van der Waals surface area contributed by atoms with Crippen LogP contribution in [0.3, 0.4) is 0 Å². The molecule has 0 radical (unpaired) electrons. The first kappa shape index (κ1) is 9.40. The molecule has 0 aromatic carbocycles. The van der Waals surface area contributed by atoms with Crippen LogP contribution in [0.2, 0.25) is 0 Å². The van der Waals surface area contributed by atoms with Crippen LogP contribution in [-0.2, 0) is 4.74 Å². The lowest BCUT2D eigenvalue weighted by atomic mass is 9.87. The lowest BCUT2D eigenvalue weighted by Crippen LogP contribution is -2.62. The Morgan fingerprint density at radius 2 is 1.38 bits per heavy atom. The second-order valence-electron chi connectivity index (χ2n) is 4.61. The second-order valence-corrected chi connectivity index (χ2v) is 4.61. The Balaban J connectivity index is 2.34. The first-order valence-corrected chi connectivity index (χ1v) is 4.63. The molecule has 2 rings (SSSR count). The van der Waals surface area contributed by atoms with E-state index < -0.39 is 29.5 Å². The van der Waals surface area contributed by atoms with Crippen LogP contribution in [0.5, 0.6) is 0 Å². The van der Waals surface area contributed by atoms with Gasteiger partial charge in [-0.15, -0.1) is 0 Å². The monoisotopic (exact) mass is 188 g/mol. The summed E-state index contributed by atoms with van der Waals surface area (Å²) in [5.74, 6) is 0. The van der Waals surface area contributed by atoms with Gasteiger partial charge in [0.2, 0.25) is 0 Å². The molecule has 4 heteroatoms. The molecule has 0 saturated carbocycles. The summed E-state index contributed by atoms with van der Waals surface area (Å²) in [6, 6.07) is 0. The van der Waals surface area contributed by atoms with Crippen LogP contribution in [0, 0.1) is 0 Å². The molecule has 2 aliphatic rings. The number of aliphatic hydroxyl groups is 3. The van der Waals surface area contributed by atoms with Gasteiger partial charge in [-0.25, -0.2) is 0 Å². The van der Waals surface area contributed by atoms with Crippen LogP contribution in [0.25, 0.3) is 0 Å². The van der Waals surface area contributed by atoms with Gasteiger partial charge in [-0.2, -0.15) is 0 Å². The molecule has 2 saturated heterocycles. The van der Waals surface area contributed by atoms with E-state index in [4.69, 9.17) is 4.74 Å². The van der Waals surface area contributed by atoms with Crippen molar-refractivity contribution >= 4 is 0 Å². The van der Waals surface area contributed by atoms with Crippen molar-refractivity contribution in [3.05, 3.63) is 0 Å². The van der Waals surface area contributed by atoms with Crippen LogP contribution < -0.4 is 0 Å². The third-order valence-electron chi connectivity index (χ3n) is 3.48. The van der Waals surface area contributed by atoms with E-state index >= 15 is 0 Å². The Morgan fingerprint density at radius 1 is 1.00 bits per heavy atom. The standard InChI is InChI=1S/C9H16O4/c1-8-3-4-9(2,13-8)7(12)5(10)6(8)11/h5-7,10-12H,3-4H2,1-2H3. The molecule has 13 heavy (non-hydrogen) atoms. The first-order valence-electron chi connectivity index (χ1n) is 4.63. The van der Waals surface area contributed by atoms with Gasteiger partial charge in [0, 0.05) is 0 Å². The molecule has 0 spiro atoms. The first-order chi connectivity index (χ1) is 5.89. The number of rotatable bonds is 0. The molecule has 2 fully saturated rings. The molecule has 4 unspecified atom stereocenters. The molecule has 3 N–H and O–H groups in total. The third-order valence-corrected chi connectivity index (χ3v) is 3.48. The zero-order valence-corrected chi connectivity index (χ0v) is 7.90. The Kier molecular flexibility index (Phi) is 1.77. The average molecular weight is 188 g/mol. The van der Waals surface area contributed by atoms with Gasteiger partial charge < -0.3 is 20.1 Å². The van der Waals surface area contributed by atoms with Crippen LogP contribution in [-0.4, -0.2) is 44.8 Å². The van der Waals surface area contributed by atoms with Crippen molar-refractivity contribution in [3.8, 4) is 0 Å². The molecule has 0 aromatic rings. The molecule has 2 bridgehead atoms. The smallest absolute Gasteiger partial charge is 0.111 e. The van der Waals surface area contributed by atoms with Gasteiger partial charge in [0.1, 0.15) is 18.3 Å². The van der Waals surface area contributed by atoms with Crippen molar-refractivity contribution in [1.82, 2.24) is 0 Å². The van der Waals surface area contributed by atoms with Gasteiger partial charge in [0.25, 0.3) is 0 Å². The zero-order valence-electron chi connectivity index (χ0n) is 7.90. The molecule has 4 atom stereocenters. The average Bonchev–Trinajstić information content (AvgIpc) is 2.38. The van der Waals surface area contributed by atoms with Gasteiger partial charge in [0.15, 0.2) is 0 Å². The molecular formula is C9H16O4. The third kappa shape index (κ3) is 1.06. The van der Waals surface area contributed by atoms with Gasteiger partial charge in [-0.3, -0.25) is 0 Å². The van der Waals surface area contributed by atoms with Crippen molar-refractivity contribution in [2.24, 2.45) is 0 Å². The topological polar surface area (TPSA) is 69.9 Å². The second kappa shape index (κ2) is 2.45. The fourth-order valence-electron chi connectivity index (χ4n) is 2.44. The molecule has 0 aromatic heterocycles. The molecule has 76 valence electrons. The predicted octanol–water partition coefficient (Wildman–Crippen LogP) is -0.590. The van der Waals surface area contributed by atoms with E-state index in [9.17, 15) is 15.3 Å². The summed E-state index contributed by atoms with van der Waals surface area (Å²) in [6.45, 7) is 3.55. The fourth-order valence-corrected chi connectivity index (χ4v) is 2.44. The van der Waals surface area contributed by atoms with Crippen molar-refractivity contribution < 1.29 is 20.1 Å². The van der Waals surface area contributed by atoms with E-state index in [0.29, 0.717) is 12.8 Å². The summed E-state index contributed by atoms with van der Waals surface area (Å²) in [6.07, 6.45) is -1.71. The SMILES string of the molecule is CC12CCC(C)(O1)C(O)C(O)C2O. The Morgan fingerprint density at radius 3 is 1.77 bits per heavy atom. The number of hydrogen-bond acceptors (Lipinski definition) is 4. The zero-order chi connectivity index (χ0) is 9.85. The highest BCUT2D eigenvalue weighted by molar-refractivity contribution is 5.10. The summed E-state index contributed by atoms with van der Waals surface area (Å²) >= 11 is 0. The predicted molar refractivity (Wildman–Crippen MR) is 45.1 cm³/mol. The largest absolute Gasteiger partial charge is 0.387 e. The number of hydrogen-bond donors (Lipinski definition) is 3. The maximum atomic E-state index is 9.67. The lowest BCUT2D eigenvalue weighted by Gasteiger charge is -2.45. The van der Waals surface area contributed by atoms with Crippen LogP contribution in [0.15, 0.2) is 0 Å². The minimum absolute atomic E-state index is 0.679. The van der Waals surface area contributed by atoms with Gasteiger partial charge >= 0.3 is 0 Å². The summed E-state index contributed by atoms with van der Waals surface area (Å²) in [4.78, 5) is 0. The van der Waals surface area contributed by atoms with Gasteiger partial charge in [-0.05, 0) is 26.7 Å². The minimum Gasteiger partial charge on any atom is -0.387 e. The molecule has 2 aliphatic heterocycles. The van der Waals surface area contributed by atoms with E-state index in [1.807, 2.05) is 0 Å². The van der Waals surface area contributed by atoms with E-state index in [1.54, 1.807) is 13.8 Å². The molecule has 0 amide bonds. The van der Waals surface area contributed by atoms with Crippen LogP contribution in [0.4, 0.5) is 0 Å². The van der Waals surface area contributed by atoms with Gasteiger partial charge in [-0.1, -0.05) is 0 Å².